The highest BCUT2D eigenvalue weighted by Crippen LogP contribution is 2.41. The maximum atomic E-state index is 5.57. The third kappa shape index (κ3) is 3.79. The lowest BCUT2D eigenvalue weighted by Gasteiger charge is -2.37. The summed E-state index contributed by atoms with van der Waals surface area (Å²) < 4.78 is 5.17. The third-order valence-electron chi connectivity index (χ3n) is 4.90. The Bertz CT molecular complexity index is 623. The van der Waals surface area contributed by atoms with Crippen molar-refractivity contribution in [1.82, 2.24) is 15.0 Å². The summed E-state index contributed by atoms with van der Waals surface area (Å²) in [5.41, 5.74) is 7.20. The van der Waals surface area contributed by atoms with Gasteiger partial charge < -0.3 is 10.3 Å². The van der Waals surface area contributed by atoms with Crippen molar-refractivity contribution in [2.45, 2.75) is 58.8 Å². The van der Waals surface area contributed by atoms with Gasteiger partial charge in [0.1, 0.15) is 0 Å². The van der Waals surface area contributed by atoms with Crippen LogP contribution in [-0.4, -0.2) is 21.1 Å². The molecule has 124 valence electrons. The van der Waals surface area contributed by atoms with Crippen molar-refractivity contribution in [3.63, 3.8) is 0 Å². The highest BCUT2D eigenvalue weighted by Gasteiger charge is 2.38. The summed E-state index contributed by atoms with van der Waals surface area (Å²) in [6.45, 7) is 6.63. The quantitative estimate of drug-likeness (QED) is 0.887. The maximum Gasteiger partial charge on any atom is 0.240 e. The zero-order valence-electron chi connectivity index (χ0n) is 14.0. The van der Waals surface area contributed by atoms with Crippen LogP contribution in [0.4, 0.5) is 0 Å². The molecule has 3 rings (SSSR count). The molecule has 1 atom stereocenters. The van der Waals surface area contributed by atoms with E-state index in [1.807, 2.05) is 0 Å². The predicted octanol–water partition coefficient (Wildman–Crippen LogP) is 3.11. The van der Waals surface area contributed by atoms with Gasteiger partial charge in [-0.25, -0.2) is 0 Å². The Balaban J connectivity index is 1.80. The van der Waals surface area contributed by atoms with Crippen LogP contribution in [0, 0.1) is 5.41 Å². The van der Waals surface area contributed by atoms with Crippen LogP contribution >= 0.6 is 0 Å². The Kier molecular flexibility index (Phi) is 4.78. The number of nitrogens with two attached hydrogens (primary N) is 1. The summed E-state index contributed by atoms with van der Waals surface area (Å²) in [6, 6.07) is 11.1. The SMILES string of the molecule is CC1(C)CCCC1N(Cc1ccccc1)Cc1noc(CN)n1. The van der Waals surface area contributed by atoms with Crippen LogP contribution in [0.3, 0.4) is 0 Å². The first-order chi connectivity index (χ1) is 11.1. The summed E-state index contributed by atoms with van der Waals surface area (Å²) in [5, 5.41) is 4.08. The zero-order chi connectivity index (χ0) is 16.3. The fourth-order valence-corrected chi connectivity index (χ4v) is 3.70. The van der Waals surface area contributed by atoms with Gasteiger partial charge in [0.2, 0.25) is 5.89 Å². The van der Waals surface area contributed by atoms with Crippen LogP contribution in [0.15, 0.2) is 34.9 Å². The smallest absolute Gasteiger partial charge is 0.240 e. The second-order valence-corrected chi connectivity index (χ2v) is 7.10. The zero-order valence-corrected chi connectivity index (χ0v) is 14.0. The fraction of sp³-hybridized carbons (Fsp3) is 0.556. The van der Waals surface area contributed by atoms with Crippen molar-refractivity contribution in [2.24, 2.45) is 11.1 Å². The average Bonchev–Trinajstić information content (AvgIpc) is 3.13. The molecular weight excluding hydrogens is 288 g/mol. The minimum atomic E-state index is 0.292. The van der Waals surface area contributed by atoms with Crippen LogP contribution in [0.25, 0.3) is 0 Å². The van der Waals surface area contributed by atoms with E-state index in [9.17, 15) is 0 Å². The molecule has 2 N–H and O–H groups in total. The average molecular weight is 314 g/mol. The Morgan fingerprint density at radius 3 is 2.65 bits per heavy atom. The highest BCUT2D eigenvalue weighted by atomic mass is 16.5. The number of nitrogens with zero attached hydrogens (tertiary/aromatic N) is 3. The Morgan fingerprint density at radius 2 is 2.04 bits per heavy atom. The van der Waals surface area contributed by atoms with Gasteiger partial charge in [-0.1, -0.05) is 55.8 Å². The van der Waals surface area contributed by atoms with Gasteiger partial charge in [-0.3, -0.25) is 4.90 Å². The summed E-state index contributed by atoms with van der Waals surface area (Å²) in [7, 11) is 0. The standard InChI is InChI=1S/C18H26N4O/c1-18(2)10-6-9-15(18)22(12-14-7-4-3-5-8-14)13-16-20-17(11-19)23-21-16/h3-5,7-8,15H,6,9-13,19H2,1-2H3. The van der Waals surface area contributed by atoms with Gasteiger partial charge in [-0.15, -0.1) is 0 Å². The molecule has 0 spiro atoms. The van der Waals surface area contributed by atoms with Gasteiger partial charge in [-0.2, -0.15) is 4.98 Å². The summed E-state index contributed by atoms with van der Waals surface area (Å²) >= 11 is 0. The number of rotatable bonds is 6. The molecule has 0 amide bonds. The van der Waals surface area contributed by atoms with E-state index in [-0.39, 0.29) is 0 Å². The lowest BCUT2D eigenvalue weighted by atomic mass is 9.86. The first-order valence-corrected chi connectivity index (χ1v) is 8.38. The largest absolute Gasteiger partial charge is 0.338 e. The maximum absolute atomic E-state index is 5.57. The second-order valence-electron chi connectivity index (χ2n) is 7.10. The van der Waals surface area contributed by atoms with Crippen LogP contribution < -0.4 is 5.73 Å². The molecule has 23 heavy (non-hydrogen) atoms. The molecule has 5 heteroatoms. The van der Waals surface area contributed by atoms with Gasteiger partial charge in [0, 0.05) is 12.6 Å². The molecule has 0 bridgehead atoms. The summed E-state index contributed by atoms with van der Waals surface area (Å²) in [6.07, 6.45) is 3.77. The van der Waals surface area contributed by atoms with Gasteiger partial charge in [0.25, 0.3) is 0 Å². The van der Waals surface area contributed by atoms with Crippen LogP contribution in [-0.2, 0) is 19.6 Å². The lowest BCUT2D eigenvalue weighted by Crippen LogP contribution is -2.41. The minimum absolute atomic E-state index is 0.292. The molecule has 2 aromatic rings. The van der Waals surface area contributed by atoms with Gasteiger partial charge in [-0.05, 0) is 23.8 Å². The molecule has 0 radical (unpaired) electrons. The van der Waals surface area contributed by atoms with E-state index < -0.39 is 0 Å². The number of benzene rings is 1. The molecule has 0 aliphatic heterocycles. The number of aromatic nitrogens is 2. The highest BCUT2D eigenvalue weighted by molar-refractivity contribution is 5.15. The van der Waals surface area contributed by atoms with Crippen molar-refractivity contribution in [3.05, 3.63) is 47.6 Å². The summed E-state index contributed by atoms with van der Waals surface area (Å²) in [4.78, 5) is 6.88. The van der Waals surface area contributed by atoms with E-state index in [1.54, 1.807) is 0 Å². The molecule has 1 heterocycles. The van der Waals surface area contributed by atoms with Crippen molar-refractivity contribution in [2.75, 3.05) is 0 Å². The molecule has 1 aliphatic carbocycles. The Hall–Kier alpha value is -1.72. The van der Waals surface area contributed by atoms with E-state index in [0.717, 1.165) is 12.4 Å². The van der Waals surface area contributed by atoms with E-state index in [1.165, 1.54) is 24.8 Å². The van der Waals surface area contributed by atoms with Gasteiger partial charge >= 0.3 is 0 Å². The van der Waals surface area contributed by atoms with Gasteiger partial charge in [0.05, 0.1) is 13.1 Å². The van der Waals surface area contributed by atoms with E-state index in [0.29, 0.717) is 30.4 Å². The molecule has 0 saturated heterocycles. The first-order valence-electron chi connectivity index (χ1n) is 8.38. The van der Waals surface area contributed by atoms with Crippen molar-refractivity contribution in [3.8, 4) is 0 Å². The molecule has 1 aliphatic rings. The van der Waals surface area contributed by atoms with E-state index in [2.05, 4.69) is 59.2 Å². The summed E-state index contributed by atoms with van der Waals surface area (Å²) in [5.74, 6) is 1.23. The molecule has 1 fully saturated rings. The molecular formula is C18H26N4O. The molecule has 1 unspecified atom stereocenters. The normalized spacial score (nSPS) is 20.3. The van der Waals surface area contributed by atoms with Crippen molar-refractivity contribution < 1.29 is 4.52 Å². The third-order valence-corrected chi connectivity index (χ3v) is 4.90. The molecule has 1 aromatic carbocycles. The van der Waals surface area contributed by atoms with E-state index >= 15 is 0 Å². The Morgan fingerprint density at radius 1 is 1.26 bits per heavy atom. The Labute approximate surface area is 137 Å². The monoisotopic (exact) mass is 314 g/mol. The second kappa shape index (κ2) is 6.81. The topological polar surface area (TPSA) is 68.2 Å². The van der Waals surface area contributed by atoms with Gasteiger partial charge in [0.15, 0.2) is 5.82 Å². The predicted molar refractivity (Wildman–Crippen MR) is 89.3 cm³/mol. The van der Waals surface area contributed by atoms with Crippen molar-refractivity contribution in [1.29, 1.82) is 0 Å². The molecule has 1 saturated carbocycles. The lowest BCUT2D eigenvalue weighted by molar-refractivity contribution is 0.0943. The fourth-order valence-electron chi connectivity index (χ4n) is 3.70. The minimum Gasteiger partial charge on any atom is -0.338 e. The van der Waals surface area contributed by atoms with Crippen molar-refractivity contribution >= 4 is 0 Å². The van der Waals surface area contributed by atoms with Crippen LogP contribution in [0.5, 0.6) is 0 Å². The molecule has 5 nitrogen and oxygen atoms in total. The molecule has 1 aromatic heterocycles. The first kappa shape index (κ1) is 16.1. The number of hydrogen-bond acceptors (Lipinski definition) is 5. The van der Waals surface area contributed by atoms with Crippen LogP contribution in [0.1, 0.15) is 50.4 Å². The number of hydrogen-bond donors (Lipinski definition) is 1. The van der Waals surface area contributed by atoms with E-state index in [4.69, 9.17) is 10.3 Å². The van der Waals surface area contributed by atoms with Crippen LogP contribution in [0.2, 0.25) is 0 Å².